The third kappa shape index (κ3) is 8.66. The predicted molar refractivity (Wildman–Crippen MR) is 53.5 cm³/mol. The Morgan fingerprint density at radius 3 is 2.46 bits per heavy atom. The SMILES string of the molecule is C=CC(=O)/C(O)=C\OCCC.CC. The van der Waals surface area contributed by atoms with E-state index in [1.807, 2.05) is 20.8 Å². The number of carbonyl (C=O) groups is 1. The first-order chi connectivity index (χ1) is 6.22. The van der Waals surface area contributed by atoms with Gasteiger partial charge in [0.15, 0.2) is 5.76 Å². The van der Waals surface area contributed by atoms with Crippen LogP contribution in [0.5, 0.6) is 0 Å². The van der Waals surface area contributed by atoms with E-state index in [4.69, 9.17) is 9.84 Å². The quantitative estimate of drug-likeness (QED) is 0.408. The van der Waals surface area contributed by atoms with Crippen molar-refractivity contribution in [3.05, 3.63) is 24.7 Å². The van der Waals surface area contributed by atoms with Crippen molar-refractivity contribution >= 4 is 5.78 Å². The van der Waals surface area contributed by atoms with E-state index in [1.54, 1.807) is 0 Å². The first-order valence-corrected chi connectivity index (χ1v) is 4.39. The van der Waals surface area contributed by atoms with Crippen LogP contribution in [0.25, 0.3) is 0 Å². The lowest BCUT2D eigenvalue weighted by atomic mass is 10.3. The molecule has 3 heteroatoms. The Morgan fingerprint density at radius 2 is 2.08 bits per heavy atom. The van der Waals surface area contributed by atoms with Crippen molar-refractivity contribution in [1.82, 2.24) is 0 Å². The minimum atomic E-state index is -0.527. The lowest BCUT2D eigenvalue weighted by molar-refractivity contribution is -0.113. The van der Waals surface area contributed by atoms with Gasteiger partial charge in [-0.25, -0.2) is 0 Å². The number of ketones is 1. The monoisotopic (exact) mass is 186 g/mol. The molecule has 0 saturated heterocycles. The number of hydrogen-bond donors (Lipinski definition) is 1. The number of aliphatic hydroxyl groups excluding tert-OH is 1. The molecule has 0 saturated carbocycles. The maximum atomic E-state index is 10.6. The van der Waals surface area contributed by atoms with Crippen LogP contribution in [-0.2, 0) is 9.53 Å². The summed E-state index contributed by atoms with van der Waals surface area (Å²) in [4.78, 5) is 10.6. The molecule has 0 aliphatic carbocycles. The molecule has 76 valence electrons. The van der Waals surface area contributed by atoms with E-state index in [0.717, 1.165) is 18.8 Å². The van der Waals surface area contributed by atoms with Crippen LogP contribution in [0.4, 0.5) is 0 Å². The maximum absolute atomic E-state index is 10.6. The number of ether oxygens (including phenoxy) is 1. The minimum absolute atomic E-state index is 0.409. The molecule has 0 unspecified atom stereocenters. The highest BCUT2D eigenvalue weighted by Gasteiger charge is 2.00. The Labute approximate surface area is 79.7 Å². The molecule has 0 aliphatic heterocycles. The summed E-state index contributed by atoms with van der Waals surface area (Å²) >= 11 is 0. The fourth-order valence-corrected chi connectivity index (χ4v) is 0.418. The van der Waals surface area contributed by atoms with Gasteiger partial charge in [0.25, 0.3) is 0 Å². The molecule has 0 atom stereocenters. The molecular formula is C10H18O3. The van der Waals surface area contributed by atoms with Gasteiger partial charge in [0.05, 0.1) is 6.61 Å². The van der Waals surface area contributed by atoms with Crippen molar-refractivity contribution in [1.29, 1.82) is 0 Å². The zero-order valence-electron chi connectivity index (χ0n) is 8.54. The summed E-state index contributed by atoms with van der Waals surface area (Å²) in [6.45, 7) is 9.63. The van der Waals surface area contributed by atoms with Gasteiger partial charge in [-0.15, -0.1) is 0 Å². The molecule has 0 bridgehead atoms. The Bertz CT molecular complexity index is 171. The van der Waals surface area contributed by atoms with Gasteiger partial charge in [0.1, 0.15) is 6.26 Å². The first kappa shape index (κ1) is 14.3. The van der Waals surface area contributed by atoms with Crippen LogP contribution < -0.4 is 0 Å². The summed E-state index contributed by atoms with van der Waals surface area (Å²) in [5, 5.41) is 8.86. The summed E-state index contributed by atoms with van der Waals surface area (Å²) in [6, 6.07) is 0. The number of hydrogen-bond acceptors (Lipinski definition) is 3. The third-order valence-electron chi connectivity index (χ3n) is 0.955. The molecule has 0 spiro atoms. The predicted octanol–water partition coefficient (Wildman–Crippen LogP) is 2.59. The highest BCUT2D eigenvalue weighted by atomic mass is 16.5. The van der Waals surface area contributed by atoms with Crippen molar-refractivity contribution < 1.29 is 14.6 Å². The minimum Gasteiger partial charge on any atom is -0.502 e. The lowest BCUT2D eigenvalue weighted by Gasteiger charge is -1.96. The van der Waals surface area contributed by atoms with Crippen molar-refractivity contribution in [2.24, 2.45) is 0 Å². The van der Waals surface area contributed by atoms with E-state index >= 15 is 0 Å². The van der Waals surface area contributed by atoms with E-state index in [-0.39, 0.29) is 0 Å². The van der Waals surface area contributed by atoms with Gasteiger partial charge in [0.2, 0.25) is 5.78 Å². The molecule has 0 aromatic heterocycles. The standard InChI is InChI=1S/C8H12O3.C2H6/c1-3-5-11-6-8(10)7(9)4-2;1-2/h4,6,10H,2-3,5H2,1H3;1-2H3/b8-6+;. The van der Waals surface area contributed by atoms with Crippen LogP contribution in [0.2, 0.25) is 0 Å². The number of carbonyl (C=O) groups excluding carboxylic acids is 1. The molecule has 0 radical (unpaired) electrons. The zero-order valence-corrected chi connectivity index (χ0v) is 8.54. The van der Waals surface area contributed by atoms with Gasteiger partial charge < -0.3 is 9.84 Å². The van der Waals surface area contributed by atoms with Gasteiger partial charge in [0, 0.05) is 0 Å². The highest BCUT2D eigenvalue weighted by Crippen LogP contribution is 1.93. The van der Waals surface area contributed by atoms with Crippen LogP contribution in [-0.4, -0.2) is 17.5 Å². The molecule has 0 aromatic rings. The number of rotatable bonds is 5. The molecule has 0 fully saturated rings. The van der Waals surface area contributed by atoms with Gasteiger partial charge >= 0.3 is 0 Å². The molecule has 13 heavy (non-hydrogen) atoms. The highest BCUT2D eigenvalue weighted by molar-refractivity contribution is 6.01. The Kier molecular flexibility index (Phi) is 11.8. The Balaban J connectivity index is 0. The fourth-order valence-electron chi connectivity index (χ4n) is 0.418. The van der Waals surface area contributed by atoms with Crippen LogP contribution in [0.1, 0.15) is 27.2 Å². The maximum Gasteiger partial charge on any atom is 0.222 e. The van der Waals surface area contributed by atoms with E-state index in [2.05, 4.69) is 6.58 Å². The van der Waals surface area contributed by atoms with Crippen LogP contribution in [0.15, 0.2) is 24.7 Å². The normalized spacial score (nSPS) is 9.62. The summed E-state index contributed by atoms with van der Waals surface area (Å²) < 4.78 is 4.79. The lowest BCUT2D eigenvalue weighted by Crippen LogP contribution is -1.98. The van der Waals surface area contributed by atoms with Crippen molar-refractivity contribution in [3.63, 3.8) is 0 Å². The molecule has 0 amide bonds. The van der Waals surface area contributed by atoms with E-state index < -0.39 is 11.5 Å². The Hall–Kier alpha value is -1.25. The molecule has 3 nitrogen and oxygen atoms in total. The Morgan fingerprint density at radius 1 is 1.54 bits per heavy atom. The smallest absolute Gasteiger partial charge is 0.222 e. The van der Waals surface area contributed by atoms with Gasteiger partial charge in [-0.1, -0.05) is 27.4 Å². The second-order valence-corrected chi connectivity index (χ2v) is 1.94. The zero-order chi connectivity index (χ0) is 10.7. The van der Waals surface area contributed by atoms with Gasteiger partial charge in [-0.2, -0.15) is 0 Å². The summed E-state index contributed by atoms with van der Waals surface area (Å²) in [5.74, 6) is -0.936. The van der Waals surface area contributed by atoms with Crippen LogP contribution in [0.3, 0.4) is 0 Å². The first-order valence-electron chi connectivity index (χ1n) is 4.39. The van der Waals surface area contributed by atoms with Crippen molar-refractivity contribution in [3.8, 4) is 0 Å². The summed E-state index contributed by atoms with van der Waals surface area (Å²) in [7, 11) is 0. The molecule has 0 aliphatic rings. The van der Waals surface area contributed by atoms with Crippen molar-refractivity contribution in [2.75, 3.05) is 6.61 Å². The number of aliphatic hydroxyl groups is 1. The molecule has 0 heterocycles. The average molecular weight is 186 g/mol. The summed E-state index contributed by atoms with van der Waals surface area (Å²) in [6.07, 6.45) is 2.90. The molecule has 0 aromatic carbocycles. The largest absolute Gasteiger partial charge is 0.502 e. The van der Waals surface area contributed by atoms with Gasteiger partial charge in [-0.05, 0) is 12.5 Å². The second kappa shape index (κ2) is 10.8. The molecular weight excluding hydrogens is 168 g/mol. The van der Waals surface area contributed by atoms with Gasteiger partial charge in [-0.3, -0.25) is 4.79 Å². The van der Waals surface area contributed by atoms with Crippen molar-refractivity contribution in [2.45, 2.75) is 27.2 Å². The van der Waals surface area contributed by atoms with Crippen LogP contribution in [0, 0.1) is 0 Å². The van der Waals surface area contributed by atoms with E-state index in [1.165, 1.54) is 0 Å². The van der Waals surface area contributed by atoms with E-state index in [0.29, 0.717) is 6.61 Å². The second-order valence-electron chi connectivity index (χ2n) is 1.94. The fraction of sp³-hybridized carbons (Fsp3) is 0.500. The van der Waals surface area contributed by atoms with Crippen LogP contribution >= 0.6 is 0 Å². The third-order valence-corrected chi connectivity index (χ3v) is 0.955. The topological polar surface area (TPSA) is 46.5 Å². The summed E-state index contributed by atoms with van der Waals surface area (Å²) in [5.41, 5.74) is 0. The average Bonchev–Trinajstić information content (AvgIpc) is 2.20. The molecule has 1 N–H and O–H groups in total. The molecule has 0 rings (SSSR count). The number of allylic oxidation sites excluding steroid dienone is 1. The van der Waals surface area contributed by atoms with E-state index in [9.17, 15) is 4.79 Å².